The lowest BCUT2D eigenvalue weighted by Gasteiger charge is -2.19. The molecule has 1 aliphatic rings. The molecular formula is C11H15NO2S. The highest BCUT2D eigenvalue weighted by molar-refractivity contribution is 7.08. The van der Waals surface area contributed by atoms with Gasteiger partial charge < -0.3 is 4.74 Å². The molecule has 0 bridgehead atoms. The van der Waals surface area contributed by atoms with Gasteiger partial charge in [0.05, 0.1) is 12.0 Å². The van der Waals surface area contributed by atoms with E-state index >= 15 is 0 Å². The topological polar surface area (TPSA) is 39.2 Å². The van der Waals surface area contributed by atoms with Gasteiger partial charge in [-0.2, -0.15) is 4.37 Å². The number of rotatable bonds is 3. The van der Waals surface area contributed by atoms with Crippen molar-refractivity contribution < 1.29 is 9.53 Å². The molecule has 4 heteroatoms. The van der Waals surface area contributed by atoms with E-state index in [2.05, 4.69) is 11.3 Å². The molecule has 1 saturated carbocycles. The molecule has 1 heterocycles. The van der Waals surface area contributed by atoms with Crippen LogP contribution in [0.15, 0.2) is 6.07 Å². The molecule has 1 fully saturated rings. The van der Waals surface area contributed by atoms with Crippen LogP contribution in [0.4, 0.5) is 0 Å². The summed E-state index contributed by atoms with van der Waals surface area (Å²) in [6.45, 7) is 2.06. The molecule has 1 aromatic rings. The third kappa shape index (κ3) is 1.91. The second-order valence-corrected chi connectivity index (χ2v) is 5.14. The lowest BCUT2D eigenvalue weighted by Crippen LogP contribution is -2.23. The Morgan fingerprint density at radius 1 is 1.53 bits per heavy atom. The second-order valence-electron chi connectivity index (χ2n) is 4.33. The van der Waals surface area contributed by atoms with Crippen LogP contribution in [0, 0.1) is 5.41 Å². The molecule has 0 saturated heterocycles. The van der Waals surface area contributed by atoms with Crippen molar-refractivity contribution in [1.29, 1.82) is 0 Å². The van der Waals surface area contributed by atoms with E-state index in [1.165, 1.54) is 11.5 Å². The van der Waals surface area contributed by atoms with Crippen LogP contribution in [0.3, 0.4) is 0 Å². The predicted octanol–water partition coefficient (Wildman–Crippen LogP) is 2.91. The Balaban J connectivity index is 2.19. The fourth-order valence-electron chi connectivity index (χ4n) is 2.14. The van der Waals surface area contributed by atoms with Crippen molar-refractivity contribution in [2.24, 2.45) is 5.41 Å². The van der Waals surface area contributed by atoms with E-state index in [1.54, 1.807) is 13.2 Å². The summed E-state index contributed by atoms with van der Waals surface area (Å²) in [4.78, 5) is 12.9. The van der Waals surface area contributed by atoms with Crippen LogP contribution in [0.1, 0.15) is 42.3 Å². The highest BCUT2D eigenvalue weighted by Gasteiger charge is 2.37. The maximum absolute atomic E-state index is 12.2. The molecule has 1 aromatic heterocycles. The fraction of sp³-hybridized carbons (Fsp3) is 0.636. The van der Waals surface area contributed by atoms with Gasteiger partial charge in [0.2, 0.25) is 5.88 Å². The normalized spacial score (nSPS) is 19.1. The average Bonchev–Trinajstić information content (AvgIpc) is 2.85. The highest BCUT2D eigenvalue weighted by atomic mass is 32.1. The lowest BCUT2D eigenvalue weighted by atomic mass is 9.83. The number of ketones is 1. The third-order valence-electron chi connectivity index (χ3n) is 3.18. The second kappa shape index (κ2) is 3.93. The maximum Gasteiger partial charge on any atom is 0.225 e. The molecule has 82 valence electrons. The number of ether oxygens (including phenoxy) is 1. The SMILES string of the molecule is COc1cc(C(=O)C2(C)CCCC2)sn1. The number of carbonyl (C=O) groups is 1. The van der Waals surface area contributed by atoms with Crippen LogP contribution in [-0.4, -0.2) is 17.3 Å². The molecule has 0 radical (unpaired) electrons. The van der Waals surface area contributed by atoms with Gasteiger partial charge in [0.15, 0.2) is 5.78 Å². The van der Waals surface area contributed by atoms with Crippen LogP contribution in [0.5, 0.6) is 5.88 Å². The summed E-state index contributed by atoms with van der Waals surface area (Å²) in [6.07, 6.45) is 4.34. The van der Waals surface area contributed by atoms with Crippen LogP contribution >= 0.6 is 11.5 Å². The number of nitrogens with zero attached hydrogens (tertiary/aromatic N) is 1. The fourth-order valence-corrected chi connectivity index (χ4v) is 2.94. The molecular weight excluding hydrogens is 210 g/mol. The molecule has 0 N–H and O–H groups in total. The molecule has 0 aromatic carbocycles. The minimum atomic E-state index is -0.155. The minimum Gasteiger partial charge on any atom is -0.480 e. The first kappa shape index (κ1) is 10.6. The maximum atomic E-state index is 12.2. The van der Waals surface area contributed by atoms with Crippen molar-refractivity contribution in [3.05, 3.63) is 10.9 Å². The van der Waals surface area contributed by atoms with Gasteiger partial charge >= 0.3 is 0 Å². The monoisotopic (exact) mass is 225 g/mol. The zero-order valence-electron chi connectivity index (χ0n) is 9.08. The van der Waals surface area contributed by atoms with Gasteiger partial charge in [0.25, 0.3) is 0 Å². The molecule has 0 spiro atoms. The molecule has 15 heavy (non-hydrogen) atoms. The predicted molar refractivity (Wildman–Crippen MR) is 59.6 cm³/mol. The first-order valence-electron chi connectivity index (χ1n) is 5.21. The Bertz CT molecular complexity index is 366. The minimum absolute atomic E-state index is 0.155. The summed E-state index contributed by atoms with van der Waals surface area (Å²) in [7, 11) is 1.57. The lowest BCUT2D eigenvalue weighted by molar-refractivity contribution is 0.0828. The molecule has 1 aliphatic carbocycles. The number of carbonyl (C=O) groups excluding carboxylic acids is 1. The van der Waals surface area contributed by atoms with Crippen molar-refractivity contribution >= 4 is 17.3 Å². The van der Waals surface area contributed by atoms with Gasteiger partial charge in [0.1, 0.15) is 0 Å². The molecule has 0 amide bonds. The Morgan fingerprint density at radius 2 is 2.20 bits per heavy atom. The van der Waals surface area contributed by atoms with Gasteiger partial charge in [-0.05, 0) is 24.4 Å². The zero-order chi connectivity index (χ0) is 10.9. The molecule has 0 aliphatic heterocycles. The van der Waals surface area contributed by atoms with E-state index in [1.807, 2.05) is 0 Å². The number of methoxy groups -OCH3 is 1. The summed E-state index contributed by atoms with van der Waals surface area (Å²) in [6, 6.07) is 1.75. The molecule has 0 atom stereocenters. The van der Waals surface area contributed by atoms with Crippen LogP contribution in [0.2, 0.25) is 0 Å². The smallest absolute Gasteiger partial charge is 0.225 e. The Morgan fingerprint density at radius 3 is 2.73 bits per heavy atom. The van der Waals surface area contributed by atoms with Crippen LogP contribution < -0.4 is 4.74 Å². The first-order valence-corrected chi connectivity index (χ1v) is 5.98. The number of hydrogen-bond acceptors (Lipinski definition) is 4. The molecule has 3 nitrogen and oxygen atoms in total. The Kier molecular flexibility index (Phi) is 2.78. The van der Waals surface area contributed by atoms with Gasteiger partial charge in [0, 0.05) is 11.5 Å². The quantitative estimate of drug-likeness (QED) is 0.742. The Hall–Kier alpha value is -0.900. The zero-order valence-corrected chi connectivity index (χ0v) is 9.89. The summed E-state index contributed by atoms with van der Waals surface area (Å²) in [5.74, 6) is 0.783. The summed E-state index contributed by atoms with van der Waals surface area (Å²) in [5.41, 5.74) is -0.155. The van der Waals surface area contributed by atoms with E-state index < -0.39 is 0 Å². The summed E-state index contributed by atoms with van der Waals surface area (Å²) >= 11 is 1.24. The average molecular weight is 225 g/mol. The van der Waals surface area contributed by atoms with Gasteiger partial charge in [-0.3, -0.25) is 4.79 Å². The van der Waals surface area contributed by atoms with Crippen molar-refractivity contribution in [3.63, 3.8) is 0 Å². The number of Topliss-reactive ketones (excluding diaryl/α,β-unsaturated/α-hetero) is 1. The van der Waals surface area contributed by atoms with E-state index in [0.29, 0.717) is 5.88 Å². The largest absolute Gasteiger partial charge is 0.480 e. The van der Waals surface area contributed by atoms with Gasteiger partial charge in [-0.15, -0.1) is 0 Å². The van der Waals surface area contributed by atoms with Crippen LogP contribution in [0.25, 0.3) is 0 Å². The van der Waals surface area contributed by atoms with Crippen molar-refractivity contribution in [3.8, 4) is 5.88 Å². The first-order chi connectivity index (χ1) is 7.15. The molecule has 2 rings (SSSR count). The van der Waals surface area contributed by atoms with Crippen molar-refractivity contribution in [2.75, 3.05) is 7.11 Å². The summed E-state index contributed by atoms with van der Waals surface area (Å²) < 4.78 is 9.04. The number of aromatic nitrogens is 1. The van der Waals surface area contributed by atoms with E-state index in [4.69, 9.17) is 4.74 Å². The van der Waals surface area contributed by atoms with Crippen molar-refractivity contribution in [2.45, 2.75) is 32.6 Å². The van der Waals surface area contributed by atoms with Crippen molar-refractivity contribution in [1.82, 2.24) is 4.37 Å². The van der Waals surface area contributed by atoms with Gasteiger partial charge in [-0.1, -0.05) is 19.8 Å². The highest BCUT2D eigenvalue weighted by Crippen LogP contribution is 2.41. The van der Waals surface area contributed by atoms with E-state index in [0.717, 1.165) is 30.6 Å². The van der Waals surface area contributed by atoms with Crippen LogP contribution in [-0.2, 0) is 0 Å². The number of hydrogen-bond donors (Lipinski definition) is 0. The Labute approximate surface area is 93.6 Å². The molecule has 0 unspecified atom stereocenters. The standard InChI is InChI=1S/C11H15NO2S/c1-11(5-3-4-6-11)10(13)8-7-9(14-2)12-15-8/h7H,3-6H2,1-2H3. The van der Waals surface area contributed by atoms with E-state index in [9.17, 15) is 4.79 Å². The third-order valence-corrected chi connectivity index (χ3v) is 3.95. The summed E-state index contributed by atoms with van der Waals surface area (Å²) in [5, 5.41) is 0. The van der Waals surface area contributed by atoms with E-state index in [-0.39, 0.29) is 11.2 Å². The van der Waals surface area contributed by atoms with Gasteiger partial charge in [-0.25, -0.2) is 0 Å².